The molecule has 1 aromatic carbocycles. The molecule has 0 spiro atoms. The van der Waals surface area contributed by atoms with Crippen molar-refractivity contribution in [1.82, 2.24) is 14.7 Å². The van der Waals surface area contributed by atoms with Gasteiger partial charge in [0.25, 0.3) is 5.91 Å². The number of amides is 1. The maximum absolute atomic E-state index is 13.0. The average Bonchev–Trinajstić information content (AvgIpc) is 3.08. The Morgan fingerprint density at radius 3 is 2.62 bits per heavy atom. The number of nitrogens with two attached hydrogens (primary N) is 1. The summed E-state index contributed by atoms with van der Waals surface area (Å²) in [6.07, 6.45) is -2.80. The predicted octanol–water partition coefficient (Wildman–Crippen LogP) is 3.34. The number of carbonyl (C=O) groups is 1. The van der Waals surface area contributed by atoms with E-state index < -0.39 is 11.9 Å². The van der Waals surface area contributed by atoms with E-state index in [1.165, 1.54) is 23.1 Å². The van der Waals surface area contributed by atoms with Gasteiger partial charge in [0.15, 0.2) is 0 Å². The first kappa shape index (κ1) is 20.0. The predicted molar refractivity (Wildman–Crippen MR) is 93.0 cm³/mol. The van der Waals surface area contributed by atoms with E-state index in [9.17, 15) is 18.0 Å². The summed E-state index contributed by atoms with van der Waals surface area (Å²) in [5.41, 5.74) is 5.58. The number of halogens is 3. The highest BCUT2D eigenvalue weighted by atomic mass is 19.4. The summed E-state index contributed by atoms with van der Waals surface area (Å²) >= 11 is 0. The van der Waals surface area contributed by atoms with E-state index in [-0.39, 0.29) is 17.6 Å². The van der Waals surface area contributed by atoms with E-state index in [0.717, 1.165) is 16.9 Å². The fraction of sp³-hybridized carbons (Fsp3) is 0.444. The van der Waals surface area contributed by atoms with Crippen LogP contribution in [-0.4, -0.2) is 40.2 Å². The van der Waals surface area contributed by atoms with Crippen molar-refractivity contribution in [2.24, 2.45) is 11.7 Å². The number of hydrogen-bond donors (Lipinski definition) is 1. The van der Waals surface area contributed by atoms with Crippen LogP contribution >= 0.6 is 0 Å². The van der Waals surface area contributed by atoms with Gasteiger partial charge in [-0.05, 0) is 36.6 Å². The van der Waals surface area contributed by atoms with Crippen molar-refractivity contribution in [3.63, 3.8) is 0 Å². The van der Waals surface area contributed by atoms with Crippen LogP contribution in [0.15, 0.2) is 36.5 Å². The summed E-state index contributed by atoms with van der Waals surface area (Å²) in [7, 11) is 1.65. The van der Waals surface area contributed by atoms with Crippen LogP contribution in [0.2, 0.25) is 0 Å². The second-order valence-corrected chi connectivity index (χ2v) is 6.60. The number of carbonyl (C=O) groups excluding carboxylic acids is 1. The molecule has 0 aliphatic carbocycles. The minimum Gasteiger partial charge on any atom is -0.342 e. The molecule has 0 bridgehead atoms. The SMILES string of the molecule is CC(C)C(N)CCN(C)C(=O)c1cccc(-n2nccc2C(F)(F)F)c1. The first-order valence-corrected chi connectivity index (χ1v) is 8.34. The third-order valence-electron chi connectivity index (χ3n) is 4.27. The van der Waals surface area contributed by atoms with Crippen molar-refractivity contribution in [3.8, 4) is 5.69 Å². The standard InChI is InChI=1S/C18H23F3N4O/c1-12(2)15(22)8-10-24(3)17(26)13-5-4-6-14(11-13)25-16(7-9-23-25)18(19,20)21/h4-7,9,11-12,15H,8,10,22H2,1-3H3. The van der Waals surface area contributed by atoms with Crippen LogP contribution in [0.25, 0.3) is 5.69 Å². The molecule has 2 rings (SSSR count). The van der Waals surface area contributed by atoms with Crippen LogP contribution in [0.4, 0.5) is 13.2 Å². The van der Waals surface area contributed by atoms with Gasteiger partial charge in [-0.15, -0.1) is 0 Å². The van der Waals surface area contributed by atoms with Crippen molar-refractivity contribution in [2.75, 3.05) is 13.6 Å². The monoisotopic (exact) mass is 368 g/mol. The molecular formula is C18H23F3N4O. The maximum Gasteiger partial charge on any atom is 0.433 e. The minimum absolute atomic E-state index is 0.0185. The molecule has 8 heteroatoms. The van der Waals surface area contributed by atoms with E-state index in [0.29, 0.717) is 24.4 Å². The van der Waals surface area contributed by atoms with E-state index in [1.807, 2.05) is 13.8 Å². The largest absolute Gasteiger partial charge is 0.433 e. The molecule has 0 radical (unpaired) electrons. The van der Waals surface area contributed by atoms with Crippen LogP contribution in [0.3, 0.4) is 0 Å². The zero-order valence-electron chi connectivity index (χ0n) is 15.0. The van der Waals surface area contributed by atoms with Crippen LogP contribution in [0, 0.1) is 5.92 Å². The topological polar surface area (TPSA) is 64.2 Å². The summed E-state index contributed by atoms with van der Waals surface area (Å²) in [6.45, 7) is 4.49. The van der Waals surface area contributed by atoms with Crippen LogP contribution in [-0.2, 0) is 6.18 Å². The normalized spacial score (nSPS) is 13.1. The van der Waals surface area contributed by atoms with E-state index in [4.69, 9.17) is 5.73 Å². The van der Waals surface area contributed by atoms with Crippen molar-refractivity contribution in [3.05, 3.63) is 47.8 Å². The Bertz CT molecular complexity index is 755. The lowest BCUT2D eigenvalue weighted by atomic mass is 10.0. The van der Waals surface area contributed by atoms with Crippen molar-refractivity contribution in [1.29, 1.82) is 0 Å². The zero-order valence-corrected chi connectivity index (χ0v) is 15.0. The fourth-order valence-electron chi connectivity index (χ4n) is 2.49. The summed E-state index contributed by atoms with van der Waals surface area (Å²) in [4.78, 5) is 14.1. The minimum atomic E-state index is -4.53. The van der Waals surface area contributed by atoms with Gasteiger partial charge in [0.1, 0.15) is 5.69 Å². The lowest BCUT2D eigenvalue weighted by molar-refractivity contribution is -0.142. The second kappa shape index (κ2) is 7.90. The molecule has 0 aliphatic heterocycles. The summed E-state index contributed by atoms with van der Waals surface area (Å²) in [5.74, 6) is 0.0333. The molecular weight excluding hydrogens is 345 g/mol. The summed E-state index contributed by atoms with van der Waals surface area (Å²) in [5, 5.41) is 3.73. The quantitative estimate of drug-likeness (QED) is 0.851. The molecule has 1 heterocycles. The van der Waals surface area contributed by atoms with Gasteiger partial charge < -0.3 is 10.6 Å². The highest BCUT2D eigenvalue weighted by molar-refractivity contribution is 5.94. The number of rotatable bonds is 6. The highest BCUT2D eigenvalue weighted by Crippen LogP contribution is 2.30. The van der Waals surface area contributed by atoms with Crippen LogP contribution in [0.5, 0.6) is 0 Å². The van der Waals surface area contributed by atoms with E-state index >= 15 is 0 Å². The lowest BCUT2D eigenvalue weighted by Crippen LogP contribution is -2.34. The van der Waals surface area contributed by atoms with Gasteiger partial charge >= 0.3 is 6.18 Å². The first-order chi connectivity index (χ1) is 12.1. The third-order valence-corrected chi connectivity index (χ3v) is 4.27. The van der Waals surface area contributed by atoms with Crippen molar-refractivity contribution in [2.45, 2.75) is 32.5 Å². The highest BCUT2D eigenvalue weighted by Gasteiger charge is 2.35. The van der Waals surface area contributed by atoms with Gasteiger partial charge in [0, 0.05) is 25.2 Å². The van der Waals surface area contributed by atoms with Crippen molar-refractivity contribution < 1.29 is 18.0 Å². The molecule has 1 unspecified atom stereocenters. The Morgan fingerprint density at radius 2 is 2.00 bits per heavy atom. The molecule has 142 valence electrons. The van der Waals surface area contributed by atoms with Gasteiger partial charge in [-0.3, -0.25) is 4.79 Å². The van der Waals surface area contributed by atoms with E-state index in [1.54, 1.807) is 13.1 Å². The number of hydrogen-bond acceptors (Lipinski definition) is 3. The average molecular weight is 368 g/mol. The first-order valence-electron chi connectivity index (χ1n) is 8.34. The van der Waals surface area contributed by atoms with Gasteiger partial charge in [-0.25, -0.2) is 4.68 Å². The molecule has 0 saturated heterocycles. The fourth-order valence-corrected chi connectivity index (χ4v) is 2.49. The summed E-state index contributed by atoms with van der Waals surface area (Å²) in [6, 6.07) is 6.87. The Hall–Kier alpha value is -2.35. The zero-order chi connectivity index (χ0) is 19.5. The molecule has 1 amide bonds. The molecule has 2 N–H and O–H groups in total. The van der Waals surface area contributed by atoms with Crippen LogP contribution < -0.4 is 5.73 Å². The Balaban J connectivity index is 2.19. The molecule has 0 saturated carbocycles. The number of aromatic nitrogens is 2. The maximum atomic E-state index is 13.0. The number of nitrogens with zero attached hydrogens (tertiary/aromatic N) is 3. The molecule has 1 aromatic heterocycles. The lowest BCUT2D eigenvalue weighted by Gasteiger charge is -2.22. The van der Waals surface area contributed by atoms with Crippen LogP contribution in [0.1, 0.15) is 36.3 Å². The molecule has 2 aromatic rings. The smallest absolute Gasteiger partial charge is 0.342 e. The van der Waals surface area contributed by atoms with Gasteiger partial charge in [-0.2, -0.15) is 18.3 Å². The molecule has 5 nitrogen and oxygen atoms in total. The number of alkyl halides is 3. The summed E-state index contributed by atoms with van der Waals surface area (Å²) < 4.78 is 39.9. The van der Waals surface area contributed by atoms with Gasteiger partial charge in [0.2, 0.25) is 0 Å². The second-order valence-electron chi connectivity index (χ2n) is 6.60. The Kier molecular flexibility index (Phi) is 6.07. The molecule has 1 atom stereocenters. The van der Waals surface area contributed by atoms with Gasteiger partial charge in [-0.1, -0.05) is 19.9 Å². The Morgan fingerprint density at radius 1 is 1.31 bits per heavy atom. The van der Waals surface area contributed by atoms with Gasteiger partial charge in [0.05, 0.1) is 11.9 Å². The Labute approximate surface area is 150 Å². The number of benzene rings is 1. The van der Waals surface area contributed by atoms with E-state index in [2.05, 4.69) is 5.10 Å². The molecule has 0 aliphatic rings. The molecule has 26 heavy (non-hydrogen) atoms. The van der Waals surface area contributed by atoms with Crippen molar-refractivity contribution >= 4 is 5.91 Å². The third kappa shape index (κ3) is 4.63. The molecule has 0 fully saturated rings.